The average molecular weight is 278 g/mol. The topological polar surface area (TPSA) is 88.1 Å². The van der Waals surface area contributed by atoms with E-state index in [1.54, 1.807) is 18.2 Å². The molecule has 0 bridgehead atoms. The van der Waals surface area contributed by atoms with Gasteiger partial charge in [0.25, 0.3) is 0 Å². The molecule has 3 rings (SSSR count). The van der Waals surface area contributed by atoms with E-state index >= 15 is 0 Å². The highest BCUT2D eigenvalue weighted by molar-refractivity contribution is 5.90. The van der Waals surface area contributed by atoms with Crippen LogP contribution in [-0.4, -0.2) is 41.9 Å². The van der Waals surface area contributed by atoms with E-state index in [0.29, 0.717) is 30.2 Å². The predicted octanol–water partition coefficient (Wildman–Crippen LogP) is 1.35. The summed E-state index contributed by atoms with van der Waals surface area (Å²) in [4.78, 5) is 24.4. The van der Waals surface area contributed by atoms with Crippen molar-refractivity contribution in [2.75, 3.05) is 25.2 Å². The molecule has 0 spiro atoms. The van der Waals surface area contributed by atoms with Crippen molar-refractivity contribution in [3.63, 3.8) is 0 Å². The fraction of sp³-hybridized carbons (Fsp3) is 0.385. The molecule has 2 N–H and O–H groups in total. The Morgan fingerprint density at radius 3 is 2.85 bits per heavy atom. The number of anilines is 1. The molecular formula is C13H14N2O5. The molecule has 2 aliphatic rings. The molecule has 7 nitrogen and oxygen atoms in total. The Morgan fingerprint density at radius 2 is 2.10 bits per heavy atom. The summed E-state index contributed by atoms with van der Waals surface area (Å²) in [6.45, 7) is 0.873. The van der Waals surface area contributed by atoms with Gasteiger partial charge < -0.3 is 24.8 Å². The number of carbonyl (C=O) groups excluding carboxylic acids is 1. The summed E-state index contributed by atoms with van der Waals surface area (Å²) < 4.78 is 10.4. The third-order valence-electron chi connectivity index (χ3n) is 3.45. The maximum absolute atomic E-state index is 12.0. The molecule has 7 heteroatoms. The van der Waals surface area contributed by atoms with Crippen LogP contribution in [0.1, 0.15) is 6.42 Å². The van der Waals surface area contributed by atoms with Gasteiger partial charge in [0.1, 0.15) is 0 Å². The summed E-state index contributed by atoms with van der Waals surface area (Å²) in [6.07, 6.45) is 0.490. The van der Waals surface area contributed by atoms with Gasteiger partial charge in [-0.15, -0.1) is 0 Å². The van der Waals surface area contributed by atoms with Crippen LogP contribution < -0.4 is 14.8 Å². The van der Waals surface area contributed by atoms with Crippen molar-refractivity contribution >= 4 is 17.7 Å². The fourth-order valence-electron chi connectivity index (χ4n) is 2.32. The second-order valence-corrected chi connectivity index (χ2v) is 4.77. The largest absolute Gasteiger partial charge is 0.481 e. The van der Waals surface area contributed by atoms with Gasteiger partial charge >= 0.3 is 12.0 Å². The number of hydrogen-bond donors (Lipinski definition) is 2. The van der Waals surface area contributed by atoms with Crippen LogP contribution in [0.3, 0.4) is 0 Å². The number of likely N-dealkylation sites (tertiary alicyclic amines) is 1. The van der Waals surface area contributed by atoms with E-state index in [4.69, 9.17) is 14.6 Å². The fourth-order valence-corrected chi connectivity index (χ4v) is 2.32. The summed E-state index contributed by atoms with van der Waals surface area (Å²) in [5.41, 5.74) is 0.595. The predicted molar refractivity (Wildman–Crippen MR) is 68.9 cm³/mol. The number of carboxylic acids is 1. The van der Waals surface area contributed by atoms with Crippen molar-refractivity contribution in [1.29, 1.82) is 0 Å². The Balaban J connectivity index is 1.63. The van der Waals surface area contributed by atoms with Gasteiger partial charge in [-0.3, -0.25) is 4.79 Å². The van der Waals surface area contributed by atoms with Crippen LogP contribution in [0.2, 0.25) is 0 Å². The summed E-state index contributed by atoms with van der Waals surface area (Å²) in [7, 11) is 0. The van der Waals surface area contributed by atoms with Gasteiger partial charge in [-0.1, -0.05) is 0 Å². The number of benzene rings is 1. The molecule has 0 radical (unpaired) electrons. The third kappa shape index (κ3) is 2.34. The van der Waals surface area contributed by atoms with E-state index in [0.717, 1.165) is 0 Å². The number of carboxylic acid groups (broad SMARTS) is 1. The summed E-state index contributed by atoms with van der Waals surface area (Å²) >= 11 is 0. The highest BCUT2D eigenvalue weighted by Gasteiger charge is 2.30. The van der Waals surface area contributed by atoms with Gasteiger partial charge in [0, 0.05) is 24.8 Å². The lowest BCUT2D eigenvalue weighted by atomic mass is 10.1. The SMILES string of the molecule is O=C(O)C1CCN(C(=O)Nc2ccc3c(c2)OCO3)C1. The number of ether oxygens (including phenoxy) is 2. The summed E-state index contributed by atoms with van der Waals surface area (Å²) in [6, 6.07) is 4.83. The number of fused-ring (bicyclic) bond motifs is 1. The van der Waals surface area contributed by atoms with Gasteiger partial charge in [0.2, 0.25) is 6.79 Å². The first-order chi connectivity index (χ1) is 9.63. The van der Waals surface area contributed by atoms with Crippen molar-refractivity contribution < 1.29 is 24.2 Å². The second kappa shape index (κ2) is 4.92. The maximum atomic E-state index is 12.0. The molecule has 1 aromatic rings. The lowest BCUT2D eigenvalue weighted by Crippen LogP contribution is -2.33. The lowest BCUT2D eigenvalue weighted by molar-refractivity contribution is -0.141. The molecule has 1 atom stereocenters. The molecule has 20 heavy (non-hydrogen) atoms. The minimum atomic E-state index is -0.858. The van der Waals surface area contributed by atoms with Crippen molar-refractivity contribution in [2.45, 2.75) is 6.42 Å². The third-order valence-corrected chi connectivity index (χ3v) is 3.45. The number of amides is 2. The molecular weight excluding hydrogens is 264 g/mol. The summed E-state index contributed by atoms with van der Waals surface area (Å²) in [5.74, 6) is -0.0939. The zero-order valence-electron chi connectivity index (χ0n) is 10.7. The lowest BCUT2D eigenvalue weighted by Gasteiger charge is -2.16. The Hall–Kier alpha value is -2.44. The molecule has 0 aliphatic carbocycles. The quantitative estimate of drug-likeness (QED) is 0.852. The van der Waals surface area contributed by atoms with Gasteiger partial charge in [-0.2, -0.15) is 0 Å². The van der Waals surface area contributed by atoms with E-state index in [9.17, 15) is 9.59 Å². The van der Waals surface area contributed by atoms with E-state index in [-0.39, 0.29) is 19.4 Å². The monoisotopic (exact) mass is 278 g/mol. The van der Waals surface area contributed by atoms with Crippen molar-refractivity contribution in [1.82, 2.24) is 4.90 Å². The van der Waals surface area contributed by atoms with Crippen LogP contribution in [0.5, 0.6) is 11.5 Å². The number of hydrogen-bond acceptors (Lipinski definition) is 4. The van der Waals surface area contributed by atoms with Crippen LogP contribution in [0.4, 0.5) is 10.5 Å². The molecule has 0 aromatic heterocycles. The Bertz CT molecular complexity index is 560. The van der Waals surface area contributed by atoms with Gasteiger partial charge in [-0.25, -0.2) is 4.79 Å². The number of aliphatic carboxylic acids is 1. The molecule has 2 aliphatic heterocycles. The molecule has 1 fully saturated rings. The highest BCUT2D eigenvalue weighted by atomic mass is 16.7. The number of carbonyl (C=O) groups is 2. The highest BCUT2D eigenvalue weighted by Crippen LogP contribution is 2.34. The zero-order chi connectivity index (χ0) is 14.1. The normalized spacial score (nSPS) is 20.0. The van der Waals surface area contributed by atoms with E-state index < -0.39 is 11.9 Å². The second-order valence-electron chi connectivity index (χ2n) is 4.77. The summed E-state index contributed by atoms with van der Waals surface area (Å²) in [5, 5.41) is 11.7. The zero-order valence-corrected chi connectivity index (χ0v) is 10.7. The molecule has 2 heterocycles. The standard InChI is InChI=1S/C13H14N2O5/c16-12(17)8-3-4-15(6-8)13(18)14-9-1-2-10-11(5-9)20-7-19-10/h1-2,5,8H,3-4,6-7H2,(H,14,18)(H,16,17). The molecule has 1 unspecified atom stereocenters. The molecule has 1 aromatic carbocycles. The Morgan fingerprint density at radius 1 is 1.30 bits per heavy atom. The van der Waals surface area contributed by atoms with Crippen LogP contribution in [-0.2, 0) is 4.79 Å². The van der Waals surface area contributed by atoms with Crippen LogP contribution in [0, 0.1) is 5.92 Å². The smallest absolute Gasteiger partial charge is 0.321 e. The Labute approximate surface area is 115 Å². The minimum absolute atomic E-state index is 0.180. The molecule has 106 valence electrons. The number of rotatable bonds is 2. The van der Waals surface area contributed by atoms with Crippen LogP contribution in [0.25, 0.3) is 0 Å². The van der Waals surface area contributed by atoms with Crippen LogP contribution in [0.15, 0.2) is 18.2 Å². The molecule has 1 saturated heterocycles. The van der Waals surface area contributed by atoms with Crippen molar-refractivity contribution in [2.24, 2.45) is 5.92 Å². The molecule has 2 amide bonds. The van der Waals surface area contributed by atoms with Crippen LogP contribution >= 0.6 is 0 Å². The average Bonchev–Trinajstić information content (AvgIpc) is 3.07. The first-order valence-corrected chi connectivity index (χ1v) is 6.32. The number of nitrogens with one attached hydrogen (secondary N) is 1. The molecule has 0 saturated carbocycles. The van der Waals surface area contributed by atoms with Crippen molar-refractivity contribution in [3.8, 4) is 11.5 Å². The minimum Gasteiger partial charge on any atom is -0.481 e. The van der Waals surface area contributed by atoms with Crippen molar-refractivity contribution in [3.05, 3.63) is 18.2 Å². The van der Waals surface area contributed by atoms with Gasteiger partial charge in [0.15, 0.2) is 11.5 Å². The van der Waals surface area contributed by atoms with E-state index in [1.165, 1.54) is 4.90 Å². The van der Waals surface area contributed by atoms with E-state index in [2.05, 4.69) is 5.32 Å². The van der Waals surface area contributed by atoms with Gasteiger partial charge in [0.05, 0.1) is 5.92 Å². The number of nitrogens with zero attached hydrogens (tertiary/aromatic N) is 1. The number of urea groups is 1. The maximum Gasteiger partial charge on any atom is 0.321 e. The van der Waals surface area contributed by atoms with E-state index in [1.807, 2.05) is 0 Å². The first kappa shape index (κ1) is 12.6. The first-order valence-electron chi connectivity index (χ1n) is 6.32. The Kier molecular flexibility index (Phi) is 3.09. The van der Waals surface area contributed by atoms with Gasteiger partial charge in [-0.05, 0) is 18.6 Å².